The molecule has 26 heavy (non-hydrogen) atoms. The van der Waals surface area contributed by atoms with Gasteiger partial charge < -0.3 is 18.8 Å². The van der Waals surface area contributed by atoms with Crippen molar-refractivity contribution in [1.29, 1.82) is 0 Å². The summed E-state index contributed by atoms with van der Waals surface area (Å²) in [6, 6.07) is 5.81. The number of piperidine rings is 1. The van der Waals surface area contributed by atoms with Gasteiger partial charge in [0, 0.05) is 25.8 Å². The Balaban J connectivity index is 1.55. The smallest absolute Gasteiger partial charge is 0.275 e. The monoisotopic (exact) mass is 362 g/mol. The number of benzene rings is 1. The predicted octanol–water partition coefficient (Wildman–Crippen LogP) is 3.42. The van der Waals surface area contributed by atoms with Gasteiger partial charge in [0.1, 0.15) is 17.8 Å². The maximum atomic E-state index is 13.1. The molecule has 1 aromatic heterocycles. The molecule has 1 aliphatic rings. The van der Waals surface area contributed by atoms with Crippen LogP contribution in [0.1, 0.15) is 42.6 Å². The molecular weight excluding hydrogens is 339 g/mol. The van der Waals surface area contributed by atoms with Crippen LogP contribution in [-0.4, -0.2) is 41.6 Å². The maximum absolute atomic E-state index is 13.1. The van der Waals surface area contributed by atoms with Crippen molar-refractivity contribution in [3.05, 3.63) is 47.9 Å². The molecule has 0 radical (unpaired) electrons. The number of likely N-dealkylation sites (tertiary alicyclic amines) is 1. The van der Waals surface area contributed by atoms with Gasteiger partial charge >= 0.3 is 0 Å². The molecule has 6 nitrogen and oxygen atoms in total. The van der Waals surface area contributed by atoms with E-state index >= 15 is 0 Å². The molecule has 0 aliphatic carbocycles. The first-order valence-electron chi connectivity index (χ1n) is 8.89. The van der Waals surface area contributed by atoms with E-state index in [-0.39, 0.29) is 36.0 Å². The third-order valence-corrected chi connectivity index (χ3v) is 4.15. The highest BCUT2D eigenvalue weighted by atomic mass is 19.1. The summed E-state index contributed by atoms with van der Waals surface area (Å²) in [6.45, 7) is 4.05. The summed E-state index contributed by atoms with van der Waals surface area (Å²) in [4.78, 5) is 18.6. The first-order valence-corrected chi connectivity index (χ1v) is 8.89. The molecule has 2 heterocycles. The maximum Gasteiger partial charge on any atom is 0.275 e. The number of oxazole rings is 1. The van der Waals surface area contributed by atoms with Gasteiger partial charge in [0.2, 0.25) is 5.89 Å². The van der Waals surface area contributed by atoms with Crippen molar-refractivity contribution in [3.63, 3.8) is 0 Å². The van der Waals surface area contributed by atoms with E-state index < -0.39 is 0 Å². The van der Waals surface area contributed by atoms with Gasteiger partial charge in [-0.2, -0.15) is 0 Å². The Hall–Kier alpha value is -2.41. The largest absolute Gasteiger partial charge is 0.484 e. The molecule has 140 valence electrons. The predicted molar refractivity (Wildman–Crippen MR) is 92.4 cm³/mol. The minimum atomic E-state index is -0.379. The standard InChI is InChI=1S/C19H23FN2O4/c1-2-9-24-16-7-4-8-22(11-16)19(23)17-12-26-18(21-17)13-25-15-6-3-5-14(20)10-15/h3,5-6,10,12,16H,2,4,7-9,11,13H2,1H3/t16-/m0/s1. The van der Waals surface area contributed by atoms with Crippen LogP contribution in [0.15, 0.2) is 34.9 Å². The number of hydrogen-bond acceptors (Lipinski definition) is 5. The van der Waals surface area contributed by atoms with Crippen LogP contribution in [0, 0.1) is 5.82 Å². The van der Waals surface area contributed by atoms with Crippen LogP contribution in [0.25, 0.3) is 0 Å². The number of ether oxygens (including phenoxy) is 2. The third kappa shape index (κ3) is 4.82. The molecule has 1 amide bonds. The summed E-state index contributed by atoms with van der Waals surface area (Å²) in [5.41, 5.74) is 0.249. The molecular formula is C19H23FN2O4. The lowest BCUT2D eigenvalue weighted by atomic mass is 10.1. The Morgan fingerprint density at radius 3 is 3.15 bits per heavy atom. The van der Waals surface area contributed by atoms with E-state index in [1.807, 2.05) is 0 Å². The molecule has 1 aromatic carbocycles. The van der Waals surface area contributed by atoms with Crippen LogP contribution < -0.4 is 4.74 Å². The molecule has 3 rings (SSSR count). The summed E-state index contributed by atoms with van der Waals surface area (Å²) in [7, 11) is 0. The minimum absolute atomic E-state index is 0.0268. The summed E-state index contributed by atoms with van der Waals surface area (Å²) in [6.07, 6.45) is 4.25. The fraction of sp³-hybridized carbons (Fsp3) is 0.474. The van der Waals surface area contributed by atoms with Crippen molar-refractivity contribution in [1.82, 2.24) is 9.88 Å². The number of hydrogen-bond donors (Lipinski definition) is 0. The van der Waals surface area contributed by atoms with Crippen molar-refractivity contribution < 1.29 is 23.1 Å². The number of aromatic nitrogens is 1. The Morgan fingerprint density at radius 2 is 2.35 bits per heavy atom. The number of nitrogens with zero attached hydrogens (tertiary/aromatic N) is 2. The van der Waals surface area contributed by atoms with Gasteiger partial charge in [-0.1, -0.05) is 13.0 Å². The van der Waals surface area contributed by atoms with Crippen LogP contribution in [0.2, 0.25) is 0 Å². The minimum Gasteiger partial charge on any atom is -0.484 e. The van der Waals surface area contributed by atoms with Crippen molar-refractivity contribution in [2.45, 2.75) is 38.9 Å². The van der Waals surface area contributed by atoms with Crippen molar-refractivity contribution in [2.75, 3.05) is 19.7 Å². The van der Waals surface area contributed by atoms with E-state index in [0.717, 1.165) is 19.3 Å². The van der Waals surface area contributed by atoms with Crippen molar-refractivity contribution >= 4 is 5.91 Å². The van der Waals surface area contributed by atoms with E-state index in [2.05, 4.69) is 11.9 Å². The lowest BCUT2D eigenvalue weighted by Crippen LogP contribution is -2.43. The fourth-order valence-electron chi connectivity index (χ4n) is 2.88. The molecule has 0 N–H and O–H groups in total. The van der Waals surface area contributed by atoms with Crippen LogP contribution in [0.5, 0.6) is 5.75 Å². The number of carbonyl (C=O) groups excluding carboxylic acids is 1. The fourth-order valence-corrected chi connectivity index (χ4v) is 2.88. The van der Waals surface area contributed by atoms with Gasteiger partial charge in [-0.05, 0) is 31.4 Å². The molecule has 7 heteroatoms. The third-order valence-electron chi connectivity index (χ3n) is 4.15. The van der Waals surface area contributed by atoms with E-state index in [1.165, 1.54) is 18.4 Å². The molecule has 0 bridgehead atoms. The van der Waals surface area contributed by atoms with Gasteiger partial charge in [0.15, 0.2) is 12.3 Å². The first kappa shape index (κ1) is 18.4. The summed E-state index contributed by atoms with van der Waals surface area (Å²) >= 11 is 0. The Bertz CT molecular complexity index is 734. The zero-order chi connectivity index (χ0) is 18.4. The van der Waals surface area contributed by atoms with Crippen LogP contribution >= 0.6 is 0 Å². The number of carbonyl (C=O) groups is 1. The van der Waals surface area contributed by atoms with E-state index in [1.54, 1.807) is 17.0 Å². The van der Waals surface area contributed by atoms with E-state index in [9.17, 15) is 9.18 Å². The highest BCUT2D eigenvalue weighted by Crippen LogP contribution is 2.18. The number of amides is 1. The number of halogens is 1. The molecule has 1 atom stereocenters. The Labute approximate surface area is 151 Å². The lowest BCUT2D eigenvalue weighted by Gasteiger charge is -2.32. The Morgan fingerprint density at radius 1 is 1.46 bits per heavy atom. The Kier molecular flexibility index (Phi) is 6.22. The lowest BCUT2D eigenvalue weighted by molar-refractivity contribution is 0.00192. The van der Waals surface area contributed by atoms with Gasteiger partial charge in [-0.25, -0.2) is 9.37 Å². The SMILES string of the molecule is CCCO[C@H]1CCCN(C(=O)c2coc(COc3cccc(F)c3)n2)C1. The highest BCUT2D eigenvalue weighted by Gasteiger charge is 2.26. The first-order chi connectivity index (χ1) is 12.7. The summed E-state index contributed by atoms with van der Waals surface area (Å²) in [5.74, 6) is 0.0997. The normalized spacial score (nSPS) is 17.3. The van der Waals surface area contributed by atoms with Crippen molar-refractivity contribution in [3.8, 4) is 5.75 Å². The van der Waals surface area contributed by atoms with Gasteiger partial charge in [-0.3, -0.25) is 4.79 Å². The molecule has 0 saturated carbocycles. The number of rotatable bonds is 7. The molecule has 1 saturated heterocycles. The molecule has 2 aromatic rings. The van der Waals surface area contributed by atoms with Gasteiger partial charge in [0.25, 0.3) is 5.91 Å². The zero-order valence-electron chi connectivity index (χ0n) is 14.8. The van der Waals surface area contributed by atoms with Crippen LogP contribution in [0.3, 0.4) is 0 Å². The highest BCUT2D eigenvalue weighted by molar-refractivity contribution is 5.92. The van der Waals surface area contributed by atoms with Gasteiger partial charge in [-0.15, -0.1) is 0 Å². The summed E-state index contributed by atoms with van der Waals surface area (Å²) in [5, 5.41) is 0. The van der Waals surface area contributed by atoms with Crippen LogP contribution in [-0.2, 0) is 11.3 Å². The topological polar surface area (TPSA) is 64.8 Å². The second-order valence-electron chi connectivity index (χ2n) is 6.26. The second kappa shape index (κ2) is 8.80. The quantitative estimate of drug-likeness (QED) is 0.755. The molecule has 0 spiro atoms. The molecule has 1 aliphatic heterocycles. The average molecular weight is 362 g/mol. The summed E-state index contributed by atoms with van der Waals surface area (Å²) < 4.78 is 29.6. The van der Waals surface area contributed by atoms with Gasteiger partial charge in [0.05, 0.1) is 6.10 Å². The van der Waals surface area contributed by atoms with Crippen molar-refractivity contribution in [2.24, 2.45) is 0 Å². The van der Waals surface area contributed by atoms with E-state index in [4.69, 9.17) is 13.9 Å². The zero-order valence-corrected chi connectivity index (χ0v) is 14.8. The molecule has 0 unspecified atom stereocenters. The second-order valence-corrected chi connectivity index (χ2v) is 6.26. The van der Waals surface area contributed by atoms with E-state index in [0.29, 0.717) is 25.4 Å². The average Bonchev–Trinajstić information content (AvgIpc) is 3.13. The van der Waals surface area contributed by atoms with Crippen LogP contribution in [0.4, 0.5) is 4.39 Å². The molecule has 1 fully saturated rings.